The van der Waals surface area contributed by atoms with Gasteiger partial charge < -0.3 is 14.6 Å². The summed E-state index contributed by atoms with van der Waals surface area (Å²) in [6.07, 6.45) is 0.295. The number of methoxy groups -OCH3 is 1. The van der Waals surface area contributed by atoms with Crippen LogP contribution in [0.4, 0.5) is 5.69 Å². The standard InChI is InChI=1S/C10H15NO4S/c1-15-10-5-2-4-9(8-10)11-6-3-7-16(12,13)14/h2,4-5,8,11H,3,6-7H2,1H3,(H,12,13,14)/p-1. The van der Waals surface area contributed by atoms with Gasteiger partial charge in [0.25, 0.3) is 0 Å². The first-order valence-corrected chi connectivity index (χ1v) is 6.40. The third-order valence-corrected chi connectivity index (χ3v) is 2.76. The summed E-state index contributed by atoms with van der Waals surface area (Å²) in [5.41, 5.74) is 0.836. The first-order valence-electron chi connectivity index (χ1n) is 4.83. The minimum Gasteiger partial charge on any atom is -0.748 e. The maximum Gasteiger partial charge on any atom is 0.120 e. The molecule has 0 amide bonds. The van der Waals surface area contributed by atoms with Gasteiger partial charge >= 0.3 is 0 Å². The van der Waals surface area contributed by atoms with Gasteiger partial charge in [0, 0.05) is 24.1 Å². The van der Waals surface area contributed by atoms with E-state index in [1.807, 2.05) is 18.2 Å². The number of rotatable bonds is 6. The van der Waals surface area contributed by atoms with E-state index >= 15 is 0 Å². The number of nitrogens with one attached hydrogen (secondary N) is 1. The maximum absolute atomic E-state index is 10.3. The molecule has 90 valence electrons. The lowest BCUT2D eigenvalue weighted by Gasteiger charge is -2.09. The molecule has 0 spiro atoms. The fraction of sp³-hybridized carbons (Fsp3) is 0.400. The van der Waals surface area contributed by atoms with E-state index in [0.29, 0.717) is 13.0 Å². The van der Waals surface area contributed by atoms with E-state index < -0.39 is 10.1 Å². The molecule has 1 aromatic rings. The van der Waals surface area contributed by atoms with Crippen molar-refractivity contribution in [2.24, 2.45) is 0 Å². The van der Waals surface area contributed by atoms with Crippen LogP contribution >= 0.6 is 0 Å². The Labute approximate surface area is 95.2 Å². The molecule has 0 saturated carbocycles. The lowest BCUT2D eigenvalue weighted by Crippen LogP contribution is -2.10. The monoisotopic (exact) mass is 244 g/mol. The molecule has 16 heavy (non-hydrogen) atoms. The van der Waals surface area contributed by atoms with E-state index in [9.17, 15) is 13.0 Å². The molecule has 0 aliphatic rings. The average molecular weight is 244 g/mol. The third-order valence-electron chi connectivity index (χ3n) is 1.97. The van der Waals surface area contributed by atoms with Crippen LogP contribution in [0.1, 0.15) is 6.42 Å². The van der Waals surface area contributed by atoms with E-state index in [1.54, 1.807) is 13.2 Å². The molecule has 0 saturated heterocycles. The summed E-state index contributed by atoms with van der Waals surface area (Å²) >= 11 is 0. The zero-order valence-electron chi connectivity index (χ0n) is 8.97. The summed E-state index contributed by atoms with van der Waals surface area (Å²) < 4.78 is 36.0. The Morgan fingerprint density at radius 3 is 2.81 bits per heavy atom. The molecular formula is C10H14NO4S-. The Morgan fingerprint density at radius 1 is 1.44 bits per heavy atom. The molecule has 0 aliphatic heterocycles. The molecule has 0 heterocycles. The van der Waals surface area contributed by atoms with Crippen LogP contribution in [-0.4, -0.2) is 32.4 Å². The first-order chi connectivity index (χ1) is 7.51. The highest BCUT2D eigenvalue weighted by Crippen LogP contribution is 2.16. The van der Waals surface area contributed by atoms with E-state index in [4.69, 9.17) is 4.74 Å². The zero-order chi connectivity index (χ0) is 12.0. The van der Waals surface area contributed by atoms with Crippen molar-refractivity contribution in [1.29, 1.82) is 0 Å². The van der Waals surface area contributed by atoms with Crippen molar-refractivity contribution in [3.8, 4) is 5.75 Å². The highest BCUT2D eigenvalue weighted by molar-refractivity contribution is 7.85. The summed E-state index contributed by atoms with van der Waals surface area (Å²) in [4.78, 5) is 0. The second-order valence-electron chi connectivity index (χ2n) is 3.27. The summed E-state index contributed by atoms with van der Waals surface area (Å²) in [6, 6.07) is 7.28. The molecule has 6 heteroatoms. The van der Waals surface area contributed by atoms with Gasteiger partial charge in [0.1, 0.15) is 5.75 Å². The summed E-state index contributed by atoms with van der Waals surface area (Å²) in [6.45, 7) is 0.439. The van der Waals surface area contributed by atoms with E-state index in [-0.39, 0.29) is 5.75 Å². The van der Waals surface area contributed by atoms with Crippen molar-refractivity contribution < 1.29 is 17.7 Å². The van der Waals surface area contributed by atoms with Crippen LogP contribution in [0.2, 0.25) is 0 Å². The molecule has 1 aromatic carbocycles. The fourth-order valence-corrected chi connectivity index (χ4v) is 1.71. The normalized spacial score (nSPS) is 11.1. The van der Waals surface area contributed by atoms with Crippen molar-refractivity contribution in [3.05, 3.63) is 24.3 Å². The molecule has 0 aliphatic carbocycles. The Bertz CT molecular complexity index is 430. The van der Waals surface area contributed by atoms with Crippen molar-refractivity contribution in [3.63, 3.8) is 0 Å². The Morgan fingerprint density at radius 2 is 2.19 bits per heavy atom. The van der Waals surface area contributed by atoms with Crippen LogP contribution in [-0.2, 0) is 10.1 Å². The topological polar surface area (TPSA) is 78.5 Å². The molecule has 1 rings (SSSR count). The minimum absolute atomic E-state index is 0.295. The van der Waals surface area contributed by atoms with Crippen LogP contribution in [0.5, 0.6) is 5.75 Å². The number of ether oxygens (including phenoxy) is 1. The number of anilines is 1. The predicted molar refractivity (Wildman–Crippen MR) is 60.7 cm³/mol. The van der Waals surface area contributed by atoms with E-state index in [1.165, 1.54) is 0 Å². The van der Waals surface area contributed by atoms with Crippen LogP contribution < -0.4 is 10.1 Å². The molecule has 0 unspecified atom stereocenters. The number of benzene rings is 1. The smallest absolute Gasteiger partial charge is 0.120 e. The molecule has 0 aromatic heterocycles. The maximum atomic E-state index is 10.3. The lowest BCUT2D eigenvalue weighted by atomic mass is 10.3. The molecule has 5 nitrogen and oxygen atoms in total. The molecule has 0 bridgehead atoms. The van der Waals surface area contributed by atoms with E-state index in [2.05, 4.69) is 5.32 Å². The molecule has 0 radical (unpaired) electrons. The van der Waals surface area contributed by atoms with Gasteiger partial charge in [-0.25, -0.2) is 8.42 Å². The first kappa shape index (κ1) is 12.8. The quantitative estimate of drug-likeness (QED) is 0.597. The Hall–Kier alpha value is -1.27. The minimum atomic E-state index is -4.11. The molecule has 1 N–H and O–H groups in total. The van der Waals surface area contributed by atoms with Gasteiger partial charge in [-0.1, -0.05) is 6.07 Å². The van der Waals surface area contributed by atoms with Gasteiger partial charge in [0.05, 0.1) is 17.2 Å². The van der Waals surface area contributed by atoms with Crippen LogP contribution in [0.15, 0.2) is 24.3 Å². The van der Waals surface area contributed by atoms with Gasteiger partial charge in [0.2, 0.25) is 0 Å². The van der Waals surface area contributed by atoms with Crippen molar-refractivity contribution in [2.75, 3.05) is 24.7 Å². The predicted octanol–water partition coefficient (Wildman–Crippen LogP) is 1.04. The van der Waals surface area contributed by atoms with Crippen molar-refractivity contribution in [1.82, 2.24) is 0 Å². The Balaban J connectivity index is 2.37. The Kier molecular flexibility index (Phi) is 4.57. The van der Waals surface area contributed by atoms with Crippen molar-refractivity contribution >= 4 is 15.8 Å². The number of hydrogen-bond donors (Lipinski definition) is 1. The summed E-state index contributed by atoms with van der Waals surface area (Å²) in [5, 5.41) is 3.01. The van der Waals surface area contributed by atoms with Gasteiger partial charge in [-0.15, -0.1) is 0 Å². The molecule has 0 atom stereocenters. The van der Waals surface area contributed by atoms with Crippen LogP contribution in [0.25, 0.3) is 0 Å². The third kappa shape index (κ3) is 4.99. The fourth-order valence-electron chi connectivity index (χ4n) is 1.21. The average Bonchev–Trinajstić information content (AvgIpc) is 2.23. The summed E-state index contributed by atoms with van der Waals surface area (Å²) in [7, 11) is -2.53. The number of hydrogen-bond acceptors (Lipinski definition) is 5. The second kappa shape index (κ2) is 5.72. The zero-order valence-corrected chi connectivity index (χ0v) is 9.79. The highest BCUT2D eigenvalue weighted by atomic mass is 32.2. The largest absolute Gasteiger partial charge is 0.748 e. The van der Waals surface area contributed by atoms with Gasteiger partial charge in [-0.3, -0.25) is 0 Å². The SMILES string of the molecule is COc1cccc(NCCCS(=O)(=O)[O-])c1. The van der Waals surface area contributed by atoms with Gasteiger partial charge in [-0.2, -0.15) is 0 Å². The van der Waals surface area contributed by atoms with Crippen LogP contribution in [0, 0.1) is 0 Å². The lowest BCUT2D eigenvalue weighted by molar-refractivity contribution is 0.415. The molecular weight excluding hydrogens is 230 g/mol. The molecule has 0 fully saturated rings. The van der Waals surface area contributed by atoms with Gasteiger partial charge in [0.15, 0.2) is 0 Å². The van der Waals surface area contributed by atoms with Crippen molar-refractivity contribution in [2.45, 2.75) is 6.42 Å². The second-order valence-corrected chi connectivity index (χ2v) is 4.80. The van der Waals surface area contributed by atoms with E-state index in [0.717, 1.165) is 11.4 Å². The summed E-state index contributed by atoms with van der Waals surface area (Å²) in [5.74, 6) is 0.380. The highest BCUT2D eigenvalue weighted by Gasteiger charge is 1.97. The van der Waals surface area contributed by atoms with Crippen LogP contribution in [0.3, 0.4) is 0 Å². The van der Waals surface area contributed by atoms with Gasteiger partial charge in [-0.05, 0) is 18.6 Å².